The minimum Gasteiger partial charge on any atom is -0.497 e. The van der Waals surface area contributed by atoms with Gasteiger partial charge in [-0.15, -0.1) is 0 Å². The van der Waals surface area contributed by atoms with E-state index in [9.17, 15) is 9.90 Å². The Kier molecular flexibility index (Phi) is 6.17. The lowest BCUT2D eigenvalue weighted by Gasteiger charge is -2.26. The Morgan fingerprint density at radius 2 is 1.64 bits per heavy atom. The first kappa shape index (κ1) is 22.5. The van der Waals surface area contributed by atoms with Gasteiger partial charge in [-0.1, -0.05) is 0 Å². The third-order valence-corrected chi connectivity index (χ3v) is 5.47. The van der Waals surface area contributed by atoms with Crippen molar-refractivity contribution in [2.24, 2.45) is 0 Å². The molecular weight excluding hydrogens is 432 g/mol. The molecule has 33 heavy (non-hydrogen) atoms. The van der Waals surface area contributed by atoms with Crippen molar-refractivity contribution in [1.82, 2.24) is 0 Å². The fraction of sp³-hybridized carbons (Fsp3) is 0.292. The van der Waals surface area contributed by atoms with Crippen molar-refractivity contribution < 1.29 is 43.4 Å². The molecule has 1 unspecified atom stereocenters. The van der Waals surface area contributed by atoms with Gasteiger partial charge in [0.2, 0.25) is 5.75 Å². The number of hydrogen-bond donors (Lipinski definition) is 1. The van der Waals surface area contributed by atoms with Gasteiger partial charge in [0.25, 0.3) is 5.79 Å². The summed E-state index contributed by atoms with van der Waals surface area (Å²) in [5.74, 6) is -0.681. The molecule has 0 saturated heterocycles. The molecule has 0 saturated carbocycles. The summed E-state index contributed by atoms with van der Waals surface area (Å²) >= 11 is 0. The number of rotatable bonds is 8. The van der Waals surface area contributed by atoms with Crippen molar-refractivity contribution in [3.05, 3.63) is 70.5 Å². The van der Waals surface area contributed by atoms with Crippen molar-refractivity contribution in [3.63, 3.8) is 0 Å². The second kappa shape index (κ2) is 9.05. The molecule has 1 N–H and O–H groups in total. The molecule has 0 spiro atoms. The predicted molar refractivity (Wildman–Crippen MR) is 115 cm³/mol. The monoisotopic (exact) mass is 456 g/mol. The van der Waals surface area contributed by atoms with Crippen molar-refractivity contribution in [2.75, 3.05) is 35.0 Å². The fourth-order valence-electron chi connectivity index (χ4n) is 3.87. The largest absolute Gasteiger partial charge is 0.497 e. The van der Waals surface area contributed by atoms with Gasteiger partial charge in [0.1, 0.15) is 17.9 Å². The first-order valence-corrected chi connectivity index (χ1v) is 10.1. The maximum atomic E-state index is 12.9. The van der Waals surface area contributed by atoms with E-state index < -0.39 is 11.8 Å². The number of benzene rings is 2. The minimum atomic E-state index is -2.04. The fourth-order valence-corrected chi connectivity index (χ4v) is 3.87. The normalized spacial score (nSPS) is 19.7. The molecule has 0 fully saturated rings. The third-order valence-electron chi connectivity index (χ3n) is 5.47. The van der Waals surface area contributed by atoms with Crippen LogP contribution in [-0.2, 0) is 31.5 Å². The summed E-state index contributed by atoms with van der Waals surface area (Å²) in [5.41, 5.74) is 1.42. The van der Waals surface area contributed by atoms with Gasteiger partial charge in [-0.3, -0.25) is 0 Å². The molecule has 0 radical (unpaired) electrons. The van der Waals surface area contributed by atoms with Crippen LogP contribution in [0.1, 0.15) is 11.1 Å². The SMILES string of the molecule is COc1ccc(C2(O)OC(=O)C(C3=CCOO3)=C2Cc2cc(OC)c(OC)c(OC)c2)cc1. The maximum absolute atomic E-state index is 12.9. The van der Waals surface area contributed by atoms with Gasteiger partial charge in [-0.2, -0.15) is 4.89 Å². The zero-order valence-corrected chi connectivity index (χ0v) is 18.7. The highest BCUT2D eigenvalue weighted by Gasteiger charge is 2.50. The van der Waals surface area contributed by atoms with Gasteiger partial charge in [0.15, 0.2) is 17.3 Å². The average Bonchev–Trinajstić information content (AvgIpc) is 3.45. The van der Waals surface area contributed by atoms with E-state index in [1.807, 2.05) is 0 Å². The second-order valence-corrected chi connectivity index (χ2v) is 7.26. The Labute approximate surface area is 190 Å². The summed E-state index contributed by atoms with van der Waals surface area (Å²) in [6.07, 6.45) is 1.71. The number of carbonyl (C=O) groups excluding carboxylic acids is 1. The summed E-state index contributed by atoms with van der Waals surface area (Å²) in [4.78, 5) is 23.0. The zero-order chi connectivity index (χ0) is 23.6. The van der Waals surface area contributed by atoms with E-state index in [1.165, 1.54) is 28.4 Å². The second-order valence-electron chi connectivity index (χ2n) is 7.26. The molecule has 0 bridgehead atoms. The van der Waals surface area contributed by atoms with Gasteiger partial charge in [0.05, 0.1) is 28.4 Å². The Hall–Kier alpha value is -3.69. The van der Waals surface area contributed by atoms with Crippen LogP contribution in [0, 0.1) is 0 Å². The minimum absolute atomic E-state index is 0.0968. The highest BCUT2D eigenvalue weighted by atomic mass is 17.2. The lowest BCUT2D eigenvalue weighted by Crippen LogP contribution is -2.29. The van der Waals surface area contributed by atoms with Crippen LogP contribution in [0.3, 0.4) is 0 Å². The van der Waals surface area contributed by atoms with Crippen LogP contribution in [0.5, 0.6) is 23.0 Å². The number of cyclic esters (lactones) is 1. The van der Waals surface area contributed by atoms with Gasteiger partial charge >= 0.3 is 5.97 Å². The van der Waals surface area contributed by atoms with E-state index in [2.05, 4.69) is 0 Å². The number of ether oxygens (including phenoxy) is 5. The molecular formula is C24H24O9. The smallest absolute Gasteiger partial charge is 0.345 e. The summed E-state index contributed by atoms with van der Waals surface area (Å²) in [5, 5.41) is 11.6. The van der Waals surface area contributed by atoms with Crippen molar-refractivity contribution in [1.29, 1.82) is 0 Å². The topological polar surface area (TPSA) is 102 Å². The Morgan fingerprint density at radius 1 is 0.970 bits per heavy atom. The van der Waals surface area contributed by atoms with E-state index in [0.717, 1.165) is 0 Å². The summed E-state index contributed by atoms with van der Waals surface area (Å²) in [6, 6.07) is 10.1. The van der Waals surface area contributed by atoms with E-state index in [0.29, 0.717) is 34.1 Å². The number of esters is 1. The first-order chi connectivity index (χ1) is 15.9. The molecule has 2 aromatic rings. The molecule has 2 aliphatic rings. The number of methoxy groups -OCH3 is 4. The van der Waals surface area contributed by atoms with Crippen LogP contribution in [0.4, 0.5) is 0 Å². The van der Waals surface area contributed by atoms with Crippen LogP contribution >= 0.6 is 0 Å². The molecule has 0 aromatic heterocycles. The predicted octanol–water partition coefficient (Wildman–Crippen LogP) is 2.81. The Morgan fingerprint density at radius 3 is 2.15 bits per heavy atom. The molecule has 1 atom stereocenters. The standard InChI is InChI=1S/C24H24O9/c1-27-16-7-5-15(6-8-16)24(26)17(21(23(25)32-24)18-9-10-31-33-18)11-14-12-19(28-2)22(30-4)20(13-14)29-3/h5-9,12-13,26H,10-11H2,1-4H3. The van der Waals surface area contributed by atoms with Crippen molar-refractivity contribution >= 4 is 5.97 Å². The van der Waals surface area contributed by atoms with E-state index in [1.54, 1.807) is 42.5 Å². The van der Waals surface area contributed by atoms with E-state index >= 15 is 0 Å². The van der Waals surface area contributed by atoms with Crippen LogP contribution in [0.15, 0.2) is 59.4 Å². The lowest BCUT2D eigenvalue weighted by molar-refractivity contribution is -0.231. The number of carbonyl (C=O) groups is 1. The molecule has 174 valence electrons. The first-order valence-electron chi connectivity index (χ1n) is 10.1. The molecule has 0 amide bonds. The molecule has 0 aliphatic carbocycles. The van der Waals surface area contributed by atoms with Gasteiger partial charge in [-0.25, -0.2) is 4.79 Å². The lowest BCUT2D eigenvalue weighted by atomic mass is 9.89. The highest BCUT2D eigenvalue weighted by Crippen LogP contribution is 2.46. The molecule has 9 heteroatoms. The Balaban J connectivity index is 1.85. The van der Waals surface area contributed by atoms with Crippen LogP contribution in [0.25, 0.3) is 0 Å². The van der Waals surface area contributed by atoms with Gasteiger partial charge < -0.3 is 33.7 Å². The van der Waals surface area contributed by atoms with Gasteiger partial charge in [-0.05, 0) is 48.0 Å². The summed E-state index contributed by atoms with van der Waals surface area (Å²) < 4.78 is 27.0. The summed E-state index contributed by atoms with van der Waals surface area (Å²) in [7, 11) is 6.07. The third kappa shape index (κ3) is 3.96. The van der Waals surface area contributed by atoms with Crippen LogP contribution in [0.2, 0.25) is 0 Å². The van der Waals surface area contributed by atoms with Crippen molar-refractivity contribution in [3.8, 4) is 23.0 Å². The molecule has 2 aliphatic heterocycles. The quantitative estimate of drug-likeness (QED) is 0.475. The van der Waals surface area contributed by atoms with Crippen LogP contribution in [-0.4, -0.2) is 46.1 Å². The Bertz CT molecular complexity index is 1090. The van der Waals surface area contributed by atoms with Crippen molar-refractivity contribution in [2.45, 2.75) is 12.2 Å². The maximum Gasteiger partial charge on any atom is 0.345 e. The zero-order valence-electron chi connectivity index (χ0n) is 18.7. The molecule has 2 heterocycles. The van der Waals surface area contributed by atoms with Crippen LogP contribution < -0.4 is 18.9 Å². The molecule has 9 nitrogen and oxygen atoms in total. The van der Waals surface area contributed by atoms with E-state index in [-0.39, 0.29) is 29.9 Å². The van der Waals surface area contributed by atoms with Gasteiger partial charge in [0, 0.05) is 17.6 Å². The average molecular weight is 456 g/mol. The molecule has 4 rings (SSSR count). The molecule has 2 aromatic carbocycles. The number of aliphatic hydroxyl groups is 1. The summed E-state index contributed by atoms with van der Waals surface area (Å²) in [6.45, 7) is 0.171. The highest BCUT2D eigenvalue weighted by molar-refractivity contribution is 5.97. The number of hydrogen-bond acceptors (Lipinski definition) is 9. The van der Waals surface area contributed by atoms with E-state index in [4.69, 9.17) is 33.5 Å².